The zero-order chi connectivity index (χ0) is 12.1. The normalized spacial score (nSPS) is 12.4. The maximum Gasteiger partial charge on any atom is 0.0503 e. The van der Waals surface area contributed by atoms with Crippen LogP contribution >= 0.6 is 0 Å². The minimum absolute atomic E-state index is 0.130. The van der Waals surface area contributed by atoms with Gasteiger partial charge in [-0.25, -0.2) is 0 Å². The molecule has 2 rings (SSSR count). The largest absolute Gasteiger partial charge is 0.396 e. The number of aliphatic hydroxyl groups excluding tert-OH is 1. The molecule has 0 amide bonds. The molecule has 0 aliphatic rings. The zero-order valence-electron chi connectivity index (χ0n) is 10.0. The van der Waals surface area contributed by atoms with Crippen molar-refractivity contribution in [2.24, 2.45) is 0 Å². The first-order valence-electron chi connectivity index (χ1n) is 5.88. The number of nitrogens with zero attached hydrogens (tertiary/aromatic N) is 1. The number of pyridine rings is 1. The van der Waals surface area contributed by atoms with E-state index >= 15 is 0 Å². The van der Waals surface area contributed by atoms with Crippen molar-refractivity contribution in [1.82, 2.24) is 4.98 Å². The highest BCUT2D eigenvalue weighted by Crippen LogP contribution is 2.19. The Bertz CT molecular complexity index is 467. The summed E-state index contributed by atoms with van der Waals surface area (Å²) in [6, 6.07) is 16.1. The molecule has 1 aromatic heterocycles. The fraction of sp³-hybridized carbons (Fsp3) is 0.267. The molecule has 2 aromatic rings. The van der Waals surface area contributed by atoms with Crippen LogP contribution in [0.5, 0.6) is 0 Å². The molecule has 1 N–H and O–H groups in total. The summed E-state index contributed by atoms with van der Waals surface area (Å²) in [5.74, 6) is 0.130. The van der Waals surface area contributed by atoms with Gasteiger partial charge in [0.25, 0.3) is 0 Å². The fourth-order valence-corrected chi connectivity index (χ4v) is 1.98. The average molecular weight is 227 g/mol. The summed E-state index contributed by atoms with van der Waals surface area (Å²) in [5, 5.41) is 9.48. The zero-order valence-corrected chi connectivity index (χ0v) is 10.0. The maximum atomic E-state index is 9.48. The van der Waals surface area contributed by atoms with Gasteiger partial charge in [0.05, 0.1) is 6.61 Å². The van der Waals surface area contributed by atoms with Crippen LogP contribution in [0.15, 0.2) is 48.5 Å². The fourth-order valence-electron chi connectivity index (χ4n) is 1.98. The smallest absolute Gasteiger partial charge is 0.0503 e. The molecule has 2 heteroatoms. The van der Waals surface area contributed by atoms with Crippen molar-refractivity contribution in [3.8, 4) is 0 Å². The van der Waals surface area contributed by atoms with Crippen molar-refractivity contribution in [2.45, 2.75) is 19.3 Å². The lowest BCUT2D eigenvalue weighted by Gasteiger charge is -2.14. The molecule has 1 aromatic carbocycles. The third-order valence-corrected chi connectivity index (χ3v) is 2.89. The summed E-state index contributed by atoms with van der Waals surface area (Å²) < 4.78 is 0. The monoisotopic (exact) mass is 227 g/mol. The Morgan fingerprint density at radius 3 is 2.47 bits per heavy atom. The van der Waals surface area contributed by atoms with Crippen molar-refractivity contribution in [3.05, 3.63) is 65.5 Å². The standard InChI is InChI=1S/C15H17NO/c1-12-6-5-9-15(16-12)10-14(11-17)13-7-3-2-4-8-13/h2-9,14,17H,10-11H2,1H3/t14-/m0/s1. The quantitative estimate of drug-likeness (QED) is 0.871. The van der Waals surface area contributed by atoms with E-state index < -0.39 is 0 Å². The van der Waals surface area contributed by atoms with Crippen molar-refractivity contribution in [1.29, 1.82) is 0 Å². The second kappa shape index (κ2) is 5.60. The molecule has 88 valence electrons. The number of aryl methyl sites for hydroxylation is 1. The van der Waals surface area contributed by atoms with Gasteiger partial charge in [-0.1, -0.05) is 36.4 Å². The summed E-state index contributed by atoms with van der Waals surface area (Å²) >= 11 is 0. The van der Waals surface area contributed by atoms with E-state index in [9.17, 15) is 5.11 Å². The number of benzene rings is 1. The summed E-state index contributed by atoms with van der Waals surface area (Å²) in [5.41, 5.74) is 3.22. The van der Waals surface area contributed by atoms with E-state index in [1.54, 1.807) is 0 Å². The van der Waals surface area contributed by atoms with Crippen LogP contribution < -0.4 is 0 Å². The molecule has 17 heavy (non-hydrogen) atoms. The van der Waals surface area contributed by atoms with Crippen LogP contribution in [0.2, 0.25) is 0 Å². The summed E-state index contributed by atoms with van der Waals surface area (Å²) in [4.78, 5) is 4.48. The van der Waals surface area contributed by atoms with Crippen molar-refractivity contribution in [3.63, 3.8) is 0 Å². The first-order valence-corrected chi connectivity index (χ1v) is 5.88. The van der Waals surface area contributed by atoms with Gasteiger partial charge in [0.2, 0.25) is 0 Å². The van der Waals surface area contributed by atoms with Gasteiger partial charge < -0.3 is 5.11 Å². The molecule has 0 saturated heterocycles. The molecule has 0 radical (unpaired) electrons. The van der Waals surface area contributed by atoms with Gasteiger partial charge >= 0.3 is 0 Å². The number of hydrogen-bond acceptors (Lipinski definition) is 2. The highest BCUT2D eigenvalue weighted by Gasteiger charge is 2.11. The third-order valence-electron chi connectivity index (χ3n) is 2.89. The second-order valence-corrected chi connectivity index (χ2v) is 4.26. The van der Waals surface area contributed by atoms with Crippen LogP contribution in [0, 0.1) is 6.92 Å². The number of aromatic nitrogens is 1. The van der Waals surface area contributed by atoms with Crippen LogP contribution in [0.3, 0.4) is 0 Å². The van der Waals surface area contributed by atoms with Gasteiger partial charge in [-0.05, 0) is 31.0 Å². The molecular weight excluding hydrogens is 210 g/mol. The van der Waals surface area contributed by atoms with E-state index in [2.05, 4.69) is 17.1 Å². The predicted octanol–water partition coefficient (Wildman–Crippen LogP) is 2.71. The average Bonchev–Trinajstić information content (AvgIpc) is 2.37. The van der Waals surface area contributed by atoms with Crippen LogP contribution in [-0.4, -0.2) is 16.7 Å². The molecule has 0 aliphatic heterocycles. The lowest BCUT2D eigenvalue weighted by atomic mass is 9.95. The van der Waals surface area contributed by atoms with Crippen LogP contribution in [0.1, 0.15) is 22.9 Å². The lowest BCUT2D eigenvalue weighted by molar-refractivity contribution is 0.264. The van der Waals surface area contributed by atoms with Gasteiger partial charge in [-0.3, -0.25) is 4.98 Å². The van der Waals surface area contributed by atoms with Gasteiger partial charge in [0.15, 0.2) is 0 Å². The molecule has 1 atom stereocenters. The maximum absolute atomic E-state index is 9.48. The Labute approximate surface area is 102 Å². The Hall–Kier alpha value is -1.67. The number of aliphatic hydroxyl groups is 1. The van der Waals surface area contributed by atoms with Crippen molar-refractivity contribution in [2.75, 3.05) is 6.61 Å². The first kappa shape index (κ1) is 11.8. The predicted molar refractivity (Wildman–Crippen MR) is 68.9 cm³/mol. The summed E-state index contributed by atoms with van der Waals surface area (Å²) in [6.45, 7) is 2.14. The molecule has 0 unspecified atom stereocenters. The molecule has 0 spiro atoms. The van der Waals surface area contributed by atoms with Crippen molar-refractivity contribution >= 4 is 0 Å². The van der Waals surface area contributed by atoms with Gasteiger partial charge in [-0.2, -0.15) is 0 Å². The van der Waals surface area contributed by atoms with Gasteiger partial charge in [0, 0.05) is 17.3 Å². The van der Waals surface area contributed by atoms with Crippen LogP contribution in [0.4, 0.5) is 0 Å². The van der Waals surface area contributed by atoms with Gasteiger partial charge in [-0.15, -0.1) is 0 Å². The van der Waals surface area contributed by atoms with E-state index in [4.69, 9.17) is 0 Å². The molecule has 0 fully saturated rings. The Balaban J connectivity index is 2.16. The summed E-state index contributed by atoms with van der Waals surface area (Å²) in [6.07, 6.45) is 0.780. The topological polar surface area (TPSA) is 33.1 Å². The Kier molecular flexibility index (Phi) is 3.89. The molecule has 0 aliphatic carbocycles. The van der Waals surface area contributed by atoms with Crippen LogP contribution in [0.25, 0.3) is 0 Å². The molecule has 0 saturated carbocycles. The minimum Gasteiger partial charge on any atom is -0.396 e. The van der Waals surface area contributed by atoms with Gasteiger partial charge in [0.1, 0.15) is 0 Å². The third kappa shape index (κ3) is 3.14. The van der Waals surface area contributed by atoms with Crippen molar-refractivity contribution < 1.29 is 5.11 Å². The molecular formula is C15H17NO. The molecule has 2 nitrogen and oxygen atoms in total. The van der Waals surface area contributed by atoms with E-state index in [1.807, 2.05) is 43.3 Å². The Morgan fingerprint density at radius 1 is 1.06 bits per heavy atom. The highest BCUT2D eigenvalue weighted by atomic mass is 16.3. The lowest BCUT2D eigenvalue weighted by Crippen LogP contribution is -2.09. The minimum atomic E-state index is 0.130. The number of hydrogen-bond donors (Lipinski definition) is 1. The van der Waals surface area contributed by atoms with E-state index in [0.29, 0.717) is 0 Å². The van der Waals surface area contributed by atoms with E-state index in [-0.39, 0.29) is 12.5 Å². The Morgan fingerprint density at radius 2 is 1.82 bits per heavy atom. The second-order valence-electron chi connectivity index (χ2n) is 4.26. The first-order chi connectivity index (χ1) is 8.29. The van der Waals surface area contributed by atoms with E-state index in [1.165, 1.54) is 5.56 Å². The van der Waals surface area contributed by atoms with E-state index in [0.717, 1.165) is 17.8 Å². The van der Waals surface area contributed by atoms with Crippen LogP contribution in [-0.2, 0) is 6.42 Å². The highest BCUT2D eigenvalue weighted by molar-refractivity contribution is 5.22. The molecule has 1 heterocycles. The molecule has 0 bridgehead atoms. The SMILES string of the molecule is Cc1cccc(C[C@@H](CO)c2ccccc2)n1. The summed E-state index contributed by atoms with van der Waals surface area (Å²) in [7, 11) is 0. The number of rotatable bonds is 4.